The van der Waals surface area contributed by atoms with Gasteiger partial charge in [0, 0.05) is 18.2 Å². The number of amides is 1. The van der Waals surface area contributed by atoms with Gasteiger partial charge in [-0.1, -0.05) is 23.2 Å². The zero-order valence-corrected chi connectivity index (χ0v) is 13.6. The maximum absolute atomic E-state index is 12.4. The van der Waals surface area contributed by atoms with E-state index in [9.17, 15) is 9.59 Å². The Kier molecular flexibility index (Phi) is 5.39. The molecule has 0 saturated heterocycles. The normalized spacial score (nSPS) is 12.4. The summed E-state index contributed by atoms with van der Waals surface area (Å²) in [4.78, 5) is 28.4. The Labute approximate surface area is 137 Å². The van der Waals surface area contributed by atoms with E-state index >= 15 is 0 Å². The van der Waals surface area contributed by atoms with Crippen molar-refractivity contribution in [3.05, 3.63) is 38.9 Å². The van der Waals surface area contributed by atoms with Crippen LogP contribution < -0.4 is 10.9 Å². The standard InChI is InChI=1S/C14H15Cl2N3O3/c1-8(6-22-2)18-12(20)5-19-7-17-13-10(14(19)21)3-9(15)4-11(13)16/h3-4,7-8H,5-6H2,1-2H3,(H,18,20). The van der Waals surface area contributed by atoms with Gasteiger partial charge in [-0.2, -0.15) is 0 Å². The molecule has 2 rings (SSSR count). The molecule has 0 bridgehead atoms. The Bertz CT molecular complexity index is 761. The van der Waals surface area contributed by atoms with Crippen LogP contribution in [0.2, 0.25) is 10.0 Å². The topological polar surface area (TPSA) is 73.2 Å². The second kappa shape index (κ2) is 7.09. The molecule has 8 heteroatoms. The molecule has 1 heterocycles. The van der Waals surface area contributed by atoms with Gasteiger partial charge in [-0.15, -0.1) is 0 Å². The molecule has 0 aliphatic heterocycles. The number of carbonyl (C=O) groups is 1. The van der Waals surface area contributed by atoms with Crippen molar-refractivity contribution in [3.8, 4) is 0 Å². The van der Waals surface area contributed by atoms with E-state index in [4.69, 9.17) is 27.9 Å². The summed E-state index contributed by atoms with van der Waals surface area (Å²) in [7, 11) is 1.55. The first-order valence-corrected chi connectivity index (χ1v) is 7.30. The van der Waals surface area contributed by atoms with E-state index in [2.05, 4.69) is 10.3 Å². The molecule has 1 aromatic carbocycles. The van der Waals surface area contributed by atoms with Crippen LogP contribution in [0.1, 0.15) is 6.92 Å². The number of ether oxygens (including phenoxy) is 1. The summed E-state index contributed by atoms with van der Waals surface area (Å²) in [5.41, 5.74) is -0.00980. The fraction of sp³-hybridized carbons (Fsp3) is 0.357. The van der Waals surface area contributed by atoms with E-state index < -0.39 is 0 Å². The number of hydrogen-bond acceptors (Lipinski definition) is 4. The highest BCUT2D eigenvalue weighted by atomic mass is 35.5. The molecule has 6 nitrogen and oxygen atoms in total. The average Bonchev–Trinajstić information content (AvgIpc) is 2.42. The van der Waals surface area contributed by atoms with E-state index in [-0.39, 0.29) is 29.4 Å². The molecule has 1 atom stereocenters. The Hall–Kier alpha value is -1.63. The molecule has 0 spiro atoms. The van der Waals surface area contributed by atoms with Gasteiger partial charge in [0.2, 0.25) is 5.91 Å². The van der Waals surface area contributed by atoms with Gasteiger partial charge in [0.1, 0.15) is 6.54 Å². The number of aromatic nitrogens is 2. The number of fused-ring (bicyclic) bond motifs is 1. The Balaban J connectivity index is 2.28. The zero-order valence-electron chi connectivity index (χ0n) is 12.1. The van der Waals surface area contributed by atoms with Crippen LogP contribution in [0.15, 0.2) is 23.3 Å². The molecular formula is C14H15Cl2N3O3. The monoisotopic (exact) mass is 343 g/mol. The molecule has 0 radical (unpaired) electrons. The third kappa shape index (κ3) is 3.76. The molecule has 0 saturated carbocycles. The molecule has 0 aliphatic carbocycles. The second-order valence-corrected chi connectivity index (χ2v) is 5.73. The number of nitrogens with zero attached hydrogens (tertiary/aromatic N) is 2. The molecule has 1 aromatic heterocycles. The highest BCUT2D eigenvalue weighted by Crippen LogP contribution is 2.23. The van der Waals surface area contributed by atoms with Gasteiger partial charge in [-0.3, -0.25) is 14.2 Å². The summed E-state index contributed by atoms with van der Waals surface area (Å²) in [5.74, 6) is -0.305. The van der Waals surface area contributed by atoms with Crippen LogP contribution in [-0.4, -0.2) is 35.2 Å². The summed E-state index contributed by atoms with van der Waals surface area (Å²) in [6.07, 6.45) is 1.30. The minimum absolute atomic E-state index is 0.139. The van der Waals surface area contributed by atoms with Crippen molar-refractivity contribution >= 4 is 40.0 Å². The van der Waals surface area contributed by atoms with Crippen molar-refractivity contribution in [2.45, 2.75) is 19.5 Å². The fourth-order valence-corrected chi connectivity index (χ4v) is 2.62. The van der Waals surface area contributed by atoms with E-state index in [0.29, 0.717) is 22.2 Å². The smallest absolute Gasteiger partial charge is 0.261 e. The summed E-state index contributed by atoms with van der Waals surface area (Å²) < 4.78 is 6.15. The van der Waals surface area contributed by atoms with Crippen molar-refractivity contribution < 1.29 is 9.53 Å². The molecule has 1 unspecified atom stereocenters. The largest absolute Gasteiger partial charge is 0.383 e. The quantitative estimate of drug-likeness (QED) is 0.899. The lowest BCUT2D eigenvalue weighted by Crippen LogP contribution is -2.39. The van der Waals surface area contributed by atoms with Gasteiger partial charge in [0.25, 0.3) is 5.56 Å². The molecule has 118 valence electrons. The predicted octanol–water partition coefficient (Wildman–Crippen LogP) is 1.85. The maximum Gasteiger partial charge on any atom is 0.261 e. The SMILES string of the molecule is COCC(C)NC(=O)Cn1cnc2c(Cl)cc(Cl)cc2c1=O. The highest BCUT2D eigenvalue weighted by Gasteiger charge is 2.12. The van der Waals surface area contributed by atoms with Gasteiger partial charge in [0.05, 0.1) is 28.9 Å². The van der Waals surface area contributed by atoms with Gasteiger partial charge in [0.15, 0.2) is 0 Å². The lowest BCUT2D eigenvalue weighted by molar-refractivity contribution is -0.122. The Morgan fingerprint density at radius 3 is 2.86 bits per heavy atom. The molecule has 2 aromatic rings. The summed E-state index contributed by atoms with van der Waals surface area (Å²) >= 11 is 11.9. The minimum Gasteiger partial charge on any atom is -0.383 e. The third-order valence-corrected chi connectivity index (χ3v) is 3.49. The van der Waals surface area contributed by atoms with Crippen LogP contribution in [0.3, 0.4) is 0 Å². The first-order valence-electron chi connectivity index (χ1n) is 6.55. The van der Waals surface area contributed by atoms with Crippen molar-refractivity contribution in [2.75, 3.05) is 13.7 Å². The molecular weight excluding hydrogens is 329 g/mol. The number of methoxy groups -OCH3 is 1. The number of rotatable bonds is 5. The van der Waals surface area contributed by atoms with Gasteiger partial charge >= 0.3 is 0 Å². The van der Waals surface area contributed by atoms with Crippen LogP contribution in [0.25, 0.3) is 10.9 Å². The summed E-state index contributed by atoms with van der Waals surface area (Å²) in [6.45, 7) is 2.06. The zero-order chi connectivity index (χ0) is 16.3. The highest BCUT2D eigenvalue weighted by molar-refractivity contribution is 6.38. The number of halogens is 2. The van der Waals surface area contributed by atoms with Crippen LogP contribution in [0.4, 0.5) is 0 Å². The first kappa shape index (κ1) is 16.7. The predicted molar refractivity (Wildman–Crippen MR) is 85.5 cm³/mol. The van der Waals surface area contributed by atoms with Crippen molar-refractivity contribution in [2.24, 2.45) is 0 Å². The van der Waals surface area contributed by atoms with Crippen molar-refractivity contribution in [1.82, 2.24) is 14.9 Å². The van der Waals surface area contributed by atoms with Crippen LogP contribution in [-0.2, 0) is 16.1 Å². The van der Waals surface area contributed by atoms with Crippen LogP contribution >= 0.6 is 23.2 Å². The van der Waals surface area contributed by atoms with Crippen molar-refractivity contribution in [3.63, 3.8) is 0 Å². The van der Waals surface area contributed by atoms with Gasteiger partial charge in [-0.05, 0) is 19.1 Å². The van der Waals surface area contributed by atoms with Gasteiger partial charge in [-0.25, -0.2) is 4.98 Å². The number of benzene rings is 1. The molecule has 1 N–H and O–H groups in total. The molecule has 22 heavy (non-hydrogen) atoms. The summed E-state index contributed by atoms with van der Waals surface area (Å²) in [6, 6.07) is 2.85. The lowest BCUT2D eigenvalue weighted by Gasteiger charge is -2.13. The second-order valence-electron chi connectivity index (χ2n) is 4.89. The van der Waals surface area contributed by atoms with Crippen molar-refractivity contribution in [1.29, 1.82) is 0 Å². The minimum atomic E-state index is -0.371. The fourth-order valence-electron chi connectivity index (χ4n) is 2.07. The Morgan fingerprint density at radius 1 is 1.45 bits per heavy atom. The Morgan fingerprint density at radius 2 is 2.18 bits per heavy atom. The molecule has 0 aliphatic rings. The summed E-state index contributed by atoms with van der Waals surface area (Å²) in [5, 5.41) is 3.64. The van der Waals surface area contributed by atoms with E-state index in [0.717, 1.165) is 0 Å². The van der Waals surface area contributed by atoms with Gasteiger partial charge < -0.3 is 10.1 Å². The first-order chi connectivity index (χ1) is 10.4. The number of nitrogens with one attached hydrogen (secondary N) is 1. The average molecular weight is 344 g/mol. The van der Waals surface area contributed by atoms with Crippen LogP contribution in [0, 0.1) is 0 Å². The molecule has 0 fully saturated rings. The van der Waals surface area contributed by atoms with E-state index in [1.165, 1.54) is 23.0 Å². The number of carbonyl (C=O) groups excluding carboxylic acids is 1. The molecule has 1 amide bonds. The third-order valence-electron chi connectivity index (χ3n) is 2.98. The van der Waals surface area contributed by atoms with E-state index in [1.807, 2.05) is 6.92 Å². The maximum atomic E-state index is 12.4. The van der Waals surface area contributed by atoms with Crippen LogP contribution in [0.5, 0.6) is 0 Å². The number of hydrogen-bond donors (Lipinski definition) is 1. The van der Waals surface area contributed by atoms with E-state index in [1.54, 1.807) is 7.11 Å². The lowest BCUT2D eigenvalue weighted by atomic mass is 10.2.